The van der Waals surface area contributed by atoms with E-state index in [1.54, 1.807) is 6.26 Å². The Kier molecular flexibility index (Phi) is 3.60. The summed E-state index contributed by atoms with van der Waals surface area (Å²) in [5.41, 5.74) is 6.00. The van der Waals surface area contributed by atoms with Crippen LogP contribution in [0.5, 0.6) is 0 Å². The Morgan fingerprint density at radius 2 is 2.27 bits per heavy atom. The second-order valence-corrected chi connectivity index (χ2v) is 7.83. The third-order valence-electron chi connectivity index (χ3n) is 6.37. The van der Waals surface area contributed by atoms with Gasteiger partial charge in [0.25, 0.3) is 0 Å². The Morgan fingerprint density at radius 1 is 1.38 bits per heavy atom. The molecular weight excluding hydrogens is 328 g/mol. The second-order valence-electron chi connectivity index (χ2n) is 7.83. The highest BCUT2D eigenvalue weighted by Gasteiger charge is 2.44. The number of benzene rings is 1. The number of piperidine rings is 1. The van der Waals surface area contributed by atoms with Crippen molar-refractivity contribution in [3.05, 3.63) is 46.9 Å². The molecule has 0 aliphatic carbocycles. The van der Waals surface area contributed by atoms with Crippen LogP contribution in [0.15, 0.2) is 30.0 Å². The quantitative estimate of drug-likeness (QED) is 0.802. The number of nitrogens with one attached hydrogen (secondary N) is 1. The number of esters is 1. The van der Waals surface area contributed by atoms with Gasteiger partial charge < -0.3 is 14.5 Å². The van der Waals surface area contributed by atoms with Gasteiger partial charge in [0, 0.05) is 41.5 Å². The normalized spacial score (nSPS) is 27.8. The van der Waals surface area contributed by atoms with Crippen molar-refractivity contribution in [2.24, 2.45) is 11.8 Å². The first kappa shape index (κ1) is 15.9. The van der Waals surface area contributed by atoms with Crippen LogP contribution in [0.3, 0.4) is 0 Å². The number of carbonyl (C=O) groups excluding carboxylic acids is 1. The molecule has 4 heterocycles. The Bertz CT molecular complexity index is 913. The maximum atomic E-state index is 12.2. The molecule has 5 nitrogen and oxygen atoms in total. The van der Waals surface area contributed by atoms with E-state index in [1.165, 1.54) is 34.8 Å². The molecule has 0 spiro atoms. The summed E-state index contributed by atoms with van der Waals surface area (Å²) in [4.78, 5) is 18.5. The van der Waals surface area contributed by atoms with Crippen molar-refractivity contribution in [3.63, 3.8) is 0 Å². The predicted octanol–water partition coefficient (Wildman–Crippen LogP) is 3.10. The SMILES string of the molecule is COC(=O)C1=COC[C@H]2CN3CCc4c([nH]c5cc(C)ccc45)[C@@H]3C[C@H]12. The van der Waals surface area contributed by atoms with E-state index in [9.17, 15) is 4.79 Å². The lowest BCUT2D eigenvalue weighted by molar-refractivity contribution is -0.138. The van der Waals surface area contributed by atoms with E-state index >= 15 is 0 Å². The number of rotatable bonds is 1. The number of aromatic amines is 1. The van der Waals surface area contributed by atoms with Crippen LogP contribution in [0.1, 0.15) is 29.3 Å². The molecule has 0 radical (unpaired) electrons. The zero-order valence-electron chi connectivity index (χ0n) is 15.2. The first-order valence-corrected chi connectivity index (χ1v) is 9.41. The van der Waals surface area contributed by atoms with E-state index in [2.05, 4.69) is 35.0 Å². The third kappa shape index (κ3) is 2.30. The van der Waals surface area contributed by atoms with Gasteiger partial charge in [0.1, 0.15) is 0 Å². The fourth-order valence-corrected chi connectivity index (χ4v) is 5.10. The number of ether oxygens (including phenoxy) is 2. The standard InChI is InChI=1S/C21H24N2O3/c1-12-3-4-14-15-5-6-23-9-13-10-26-11-17(21(24)25-2)16(13)8-19(23)20(15)22-18(14)7-12/h3-4,7,11,13,16,19,22H,5-6,8-10H2,1-2H3/t13-,16+,19+/m1/s1. The van der Waals surface area contributed by atoms with E-state index in [1.807, 2.05) is 0 Å². The summed E-state index contributed by atoms with van der Waals surface area (Å²) in [5.74, 6) is 0.312. The average molecular weight is 352 g/mol. The maximum Gasteiger partial charge on any atom is 0.337 e. The zero-order valence-corrected chi connectivity index (χ0v) is 15.2. The van der Waals surface area contributed by atoms with Crippen LogP contribution in [0.4, 0.5) is 0 Å². The molecule has 1 aromatic carbocycles. The number of methoxy groups -OCH3 is 1. The lowest BCUT2D eigenvalue weighted by atomic mass is 9.74. The molecule has 0 unspecified atom stereocenters. The first-order chi connectivity index (χ1) is 12.7. The van der Waals surface area contributed by atoms with Gasteiger partial charge >= 0.3 is 5.97 Å². The van der Waals surface area contributed by atoms with Crippen LogP contribution in [0, 0.1) is 18.8 Å². The molecule has 26 heavy (non-hydrogen) atoms. The van der Waals surface area contributed by atoms with Gasteiger partial charge in [-0.25, -0.2) is 4.79 Å². The fraction of sp³-hybridized carbons (Fsp3) is 0.476. The summed E-state index contributed by atoms with van der Waals surface area (Å²) in [5, 5.41) is 1.35. The molecule has 5 heteroatoms. The summed E-state index contributed by atoms with van der Waals surface area (Å²) in [6.45, 7) is 4.86. The first-order valence-electron chi connectivity index (χ1n) is 9.41. The second kappa shape index (κ2) is 5.88. The molecule has 136 valence electrons. The number of aryl methyl sites for hydroxylation is 1. The Hall–Kier alpha value is -2.27. The van der Waals surface area contributed by atoms with E-state index in [0.29, 0.717) is 24.1 Å². The van der Waals surface area contributed by atoms with Crippen LogP contribution < -0.4 is 0 Å². The van der Waals surface area contributed by atoms with Gasteiger partial charge in [-0.05, 0) is 37.0 Å². The molecule has 3 atom stereocenters. The van der Waals surface area contributed by atoms with Gasteiger partial charge in [-0.15, -0.1) is 0 Å². The van der Waals surface area contributed by atoms with Crippen molar-refractivity contribution >= 4 is 16.9 Å². The van der Waals surface area contributed by atoms with Gasteiger partial charge in [-0.2, -0.15) is 0 Å². The molecule has 3 aliphatic heterocycles. The molecule has 0 bridgehead atoms. The highest BCUT2D eigenvalue weighted by Crippen LogP contribution is 2.46. The van der Waals surface area contributed by atoms with Crippen LogP contribution in [-0.2, 0) is 20.7 Å². The van der Waals surface area contributed by atoms with Crippen LogP contribution >= 0.6 is 0 Å². The minimum Gasteiger partial charge on any atom is -0.500 e. The maximum absolute atomic E-state index is 12.2. The number of fused-ring (bicyclic) bond motifs is 6. The lowest BCUT2D eigenvalue weighted by Crippen LogP contribution is -2.49. The summed E-state index contributed by atoms with van der Waals surface area (Å²) < 4.78 is 10.6. The van der Waals surface area contributed by atoms with E-state index in [-0.39, 0.29) is 11.9 Å². The highest BCUT2D eigenvalue weighted by molar-refractivity contribution is 5.89. The molecule has 0 amide bonds. The molecule has 5 rings (SSSR count). The van der Waals surface area contributed by atoms with Crippen molar-refractivity contribution in [2.45, 2.75) is 25.8 Å². The summed E-state index contributed by atoms with van der Waals surface area (Å²) in [6, 6.07) is 7.00. The Morgan fingerprint density at radius 3 is 3.12 bits per heavy atom. The summed E-state index contributed by atoms with van der Waals surface area (Å²) in [6.07, 6.45) is 3.64. The highest BCUT2D eigenvalue weighted by atomic mass is 16.5. The molecule has 1 aromatic heterocycles. The Labute approximate surface area is 153 Å². The Balaban J connectivity index is 1.54. The van der Waals surface area contributed by atoms with Crippen LogP contribution in [0.2, 0.25) is 0 Å². The van der Waals surface area contributed by atoms with Crippen molar-refractivity contribution in [1.82, 2.24) is 9.88 Å². The largest absolute Gasteiger partial charge is 0.500 e. The van der Waals surface area contributed by atoms with Gasteiger partial charge in [0.05, 0.1) is 31.6 Å². The molecule has 0 saturated carbocycles. The summed E-state index contributed by atoms with van der Waals surface area (Å²) >= 11 is 0. The monoisotopic (exact) mass is 352 g/mol. The van der Waals surface area contributed by atoms with Crippen LogP contribution in [0.25, 0.3) is 10.9 Å². The summed E-state index contributed by atoms with van der Waals surface area (Å²) in [7, 11) is 1.45. The topological polar surface area (TPSA) is 54.6 Å². The zero-order chi connectivity index (χ0) is 17.8. The molecule has 3 aliphatic rings. The predicted molar refractivity (Wildman–Crippen MR) is 98.7 cm³/mol. The van der Waals surface area contributed by atoms with Crippen molar-refractivity contribution in [2.75, 3.05) is 26.8 Å². The van der Waals surface area contributed by atoms with E-state index < -0.39 is 0 Å². The van der Waals surface area contributed by atoms with Gasteiger partial charge in [0.2, 0.25) is 0 Å². The number of nitrogens with zero attached hydrogens (tertiary/aromatic N) is 1. The number of hydrogen-bond donors (Lipinski definition) is 1. The fourth-order valence-electron chi connectivity index (χ4n) is 5.10. The van der Waals surface area contributed by atoms with Crippen molar-refractivity contribution in [1.29, 1.82) is 0 Å². The molecule has 1 fully saturated rings. The minimum atomic E-state index is -0.253. The number of hydrogen-bond acceptors (Lipinski definition) is 4. The minimum absolute atomic E-state index is 0.205. The average Bonchev–Trinajstić information content (AvgIpc) is 3.03. The third-order valence-corrected chi connectivity index (χ3v) is 6.37. The van der Waals surface area contributed by atoms with Gasteiger partial charge in [-0.3, -0.25) is 4.90 Å². The van der Waals surface area contributed by atoms with Gasteiger partial charge in [-0.1, -0.05) is 12.1 Å². The number of carbonyl (C=O) groups is 1. The molecular formula is C21H24N2O3. The lowest BCUT2D eigenvalue weighted by Gasteiger charge is -2.47. The number of aromatic nitrogens is 1. The molecule has 2 aromatic rings. The van der Waals surface area contributed by atoms with Crippen molar-refractivity contribution < 1.29 is 14.3 Å². The molecule has 1 saturated heterocycles. The van der Waals surface area contributed by atoms with E-state index in [0.717, 1.165) is 25.9 Å². The van der Waals surface area contributed by atoms with Gasteiger partial charge in [0.15, 0.2) is 0 Å². The van der Waals surface area contributed by atoms with E-state index in [4.69, 9.17) is 9.47 Å². The molecule has 1 N–H and O–H groups in total. The smallest absolute Gasteiger partial charge is 0.337 e. The van der Waals surface area contributed by atoms with Crippen molar-refractivity contribution in [3.8, 4) is 0 Å². The van der Waals surface area contributed by atoms with Crippen LogP contribution in [-0.4, -0.2) is 42.7 Å². The number of H-pyrrole nitrogens is 1.